The van der Waals surface area contributed by atoms with Gasteiger partial charge in [-0.05, 0) is 24.9 Å². The van der Waals surface area contributed by atoms with Crippen LogP contribution >= 0.6 is 0 Å². The molecule has 0 unspecified atom stereocenters. The highest BCUT2D eigenvalue weighted by Crippen LogP contribution is 2.23. The third kappa shape index (κ3) is 6.06. The Balaban J connectivity index is 2.56. The Kier molecular flexibility index (Phi) is 7.49. The molecule has 0 saturated carbocycles. The minimum absolute atomic E-state index is 0.264. The second-order valence-electron chi connectivity index (χ2n) is 5.31. The summed E-state index contributed by atoms with van der Waals surface area (Å²) in [5, 5.41) is 3.32. The third-order valence-electron chi connectivity index (χ3n) is 2.91. The van der Waals surface area contributed by atoms with Crippen molar-refractivity contribution in [2.75, 3.05) is 13.2 Å². The van der Waals surface area contributed by atoms with E-state index in [1.165, 1.54) is 6.07 Å². The standard InChI is InChI=1S/C16H26FNO/c1-4-5-6-10-19-16-14(8-7-9-15(16)17)12-18-11-13(2)3/h7-9,13,18H,4-6,10-12H2,1-3H3. The second-order valence-corrected chi connectivity index (χ2v) is 5.31. The van der Waals surface area contributed by atoms with E-state index in [4.69, 9.17) is 4.74 Å². The molecule has 1 aromatic rings. The molecule has 3 heteroatoms. The van der Waals surface area contributed by atoms with Gasteiger partial charge in [0.2, 0.25) is 0 Å². The fraction of sp³-hybridized carbons (Fsp3) is 0.625. The van der Waals surface area contributed by atoms with Gasteiger partial charge in [-0.2, -0.15) is 0 Å². The lowest BCUT2D eigenvalue weighted by molar-refractivity contribution is 0.287. The number of benzene rings is 1. The smallest absolute Gasteiger partial charge is 0.165 e. The van der Waals surface area contributed by atoms with E-state index in [0.717, 1.165) is 31.4 Å². The van der Waals surface area contributed by atoms with Gasteiger partial charge in [-0.25, -0.2) is 4.39 Å². The van der Waals surface area contributed by atoms with Crippen molar-refractivity contribution >= 4 is 0 Å². The number of hydrogen-bond donors (Lipinski definition) is 1. The topological polar surface area (TPSA) is 21.3 Å². The lowest BCUT2D eigenvalue weighted by atomic mass is 10.1. The average Bonchev–Trinajstić information content (AvgIpc) is 2.36. The van der Waals surface area contributed by atoms with E-state index in [1.807, 2.05) is 6.07 Å². The van der Waals surface area contributed by atoms with Crippen LogP contribution in [0.3, 0.4) is 0 Å². The first-order chi connectivity index (χ1) is 9.15. The molecule has 0 spiro atoms. The van der Waals surface area contributed by atoms with Gasteiger partial charge in [0, 0.05) is 12.1 Å². The van der Waals surface area contributed by atoms with Crippen LogP contribution in [-0.2, 0) is 6.54 Å². The molecule has 0 radical (unpaired) electrons. The van der Waals surface area contributed by atoms with Crippen LogP contribution < -0.4 is 10.1 Å². The maximum absolute atomic E-state index is 13.8. The van der Waals surface area contributed by atoms with Crippen molar-refractivity contribution in [3.8, 4) is 5.75 Å². The quantitative estimate of drug-likeness (QED) is 0.679. The second kappa shape index (κ2) is 8.92. The predicted molar refractivity (Wildman–Crippen MR) is 78.0 cm³/mol. The van der Waals surface area contributed by atoms with Gasteiger partial charge in [0.25, 0.3) is 0 Å². The zero-order chi connectivity index (χ0) is 14.1. The molecule has 0 aliphatic carbocycles. The molecule has 19 heavy (non-hydrogen) atoms. The van der Waals surface area contributed by atoms with Crippen molar-refractivity contribution < 1.29 is 9.13 Å². The zero-order valence-electron chi connectivity index (χ0n) is 12.3. The van der Waals surface area contributed by atoms with Crippen molar-refractivity contribution in [2.24, 2.45) is 5.92 Å². The molecule has 108 valence electrons. The van der Waals surface area contributed by atoms with Crippen LogP contribution in [0, 0.1) is 11.7 Å². The van der Waals surface area contributed by atoms with E-state index in [0.29, 0.717) is 24.8 Å². The molecule has 0 aliphatic rings. The summed E-state index contributed by atoms with van der Waals surface area (Å²) in [4.78, 5) is 0. The number of nitrogens with one attached hydrogen (secondary N) is 1. The highest BCUT2D eigenvalue weighted by Gasteiger charge is 2.09. The average molecular weight is 267 g/mol. The molecule has 1 N–H and O–H groups in total. The molecule has 0 amide bonds. The number of unbranched alkanes of at least 4 members (excludes halogenated alkanes) is 2. The predicted octanol–water partition coefficient (Wildman–Crippen LogP) is 4.14. The van der Waals surface area contributed by atoms with Crippen LogP contribution in [0.25, 0.3) is 0 Å². The SMILES string of the molecule is CCCCCOc1c(F)cccc1CNCC(C)C. The number of halogens is 1. The summed E-state index contributed by atoms with van der Waals surface area (Å²) in [7, 11) is 0. The maximum Gasteiger partial charge on any atom is 0.165 e. The summed E-state index contributed by atoms with van der Waals surface area (Å²) in [5.41, 5.74) is 0.900. The molecule has 0 atom stereocenters. The Morgan fingerprint density at radius 2 is 2.05 bits per heavy atom. The molecule has 2 nitrogen and oxygen atoms in total. The fourth-order valence-corrected chi connectivity index (χ4v) is 1.88. The van der Waals surface area contributed by atoms with Crippen molar-refractivity contribution in [1.82, 2.24) is 5.32 Å². The Morgan fingerprint density at radius 1 is 1.26 bits per heavy atom. The van der Waals surface area contributed by atoms with Crippen LogP contribution in [0.1, 0.15) is 45.6 Å². The molecule has 1 rings (SSSR count). The number of rotatable bonds is 9. The highest BCUT2D eigenvalue weighted by molar-refractivity contribution is 5.34. The van der Waals surface area contributed by atoms with Crippen LogP contribution in [-0.4, -0.2) is 13.2 Å². The van der Waals surface area contributed by atoms with Gasteiger partial charge in [-0.1, -0.05) is 45.7 Å². The normalized spacial score (nSPS) is 11.0. The van der Waals surface area contributed by atoms with Crippen LogP contribution in [0.2, 0.25) is 0 Å². The molecule has 0 bridgehead atoms. The molecule has 1 aromatic carbocycles. The molecular weight excluding hydrogens is 241 g/mol. The number of ether oxygens (including phenoxy) is 1. The van der Waals surface area contributed by atoms with E-state index in [-0.39, 0.29) is 5.82 Å². The first kappa shape index (κ1) is 16.0. The van der Waals surface area contributed by atoms with Gasteiger partial charge >= 0.3 is 0 Å². The Bertz CT molecular complexity index is 366. The molecule has 0 heterocycles. The molecule has 0 aromatic heterocycles. The first-order valence-electron chi connectivity index (χ1n) is 7.26. The van der Waals surface area contributed by atoms with Gasteiger partial charge < -0.3 is 10.1 Å². The fourth-order valence-electron chi connectivity index (χ4n) is 1.88. The number of para-hydroxylation sites is 1. The summed E-state index contributed by atoms with van der Waals surface area (Å²) in [6.07, 6.45) is 3.24. The summed E-state index contributed by atoms with van der Waals surface area (Å²) in [6.45, 7) is 8.61. The zero-order valence-corrected chi connectivity index (χ0v) is 12.3. The largest absolute Gasteiger partial charge is 0.490 e. The van der Waals surface area contributed by atoms with E-state index in [1.54, 1.807) is 6.07 Å². The van der Waals surface area contributed by atoms with E-state index < -0.39 is 0 Å². The maximum atomic E-state index is 13.8. The van der Waals surface area contributed by atoms with Crippen molar-refractivity contribution in [2.45, 2.75) is 46.6 Å². The minimum atomic E-state index is -0.264. The van der Waals surface area contributed by atoms with Crippen LogP contribution in [0.4, 0.5) is 4.39 Å². The summed E-state index contributed by atoms with van der Waals surface area (Å²) in [5.74, 6) is 0.734. The van der Waals surface area contributed by atoms with Crippen LogP contribution in [0.5, 0.6) is 5.75 Å². The molecular formula is C16H26FNO. The molecule has 0 aliphatic heterocycles. The van der Waals surface area contributed by atoms with Crippen molar-refractivity contribution in [3.05, 3.63) is 29.6 Å². The summed E-state index contributed by atoms with van der Waals surface area (Å²) >= 11 is 0. The van der Waals surface area contributed by atoms with E-state index in [2.05, 4.69) is 26.1 Å². The van der Waals surface area contributed by atoms with Gasteiger partial charge in [0.05, 0.1) is 6.61 Å². The minimum Gasteiger partial charge on any atom is -0.490 e. The Hall–Kier alpha value is -1.09. The summed E-state index contributed by atoms with van der Waals surface area (Å²) < 4.78 is 19.4. The molecule has 0 fully saturated rings. The first-order valence-corrected chi connectivity index (χ1v) is 7.26. The van der Waals surface area contributed by atoms with Gasteiger partial charge in [-0.15, -0.1) is 0 Å². The Morgan fingerprint density at radius 3 is 2.74 bits per heavy atom. The highest BCUT2D eigenvalue weighted by atomic mass is 19.1. The van der Waals surface area contributed by atoms with Crippen molar-refractivity contribution in [1.29, 1.82) is 0 Å². The van der Waals surface area contributed by atoms with Gasteiger partial charge in [0.1, 0.15) is 0 Å². The van der Waals surface area contributed by atoms with Gasteiger partial charge in [0.15, 0.2) is 11.6 Å². The lowest BCUT2D eigenvalue weighted by Gasteiger charge is -2.13. The monoisotopic (exact) mass is 267 g/mol. The molecule has 0 saturated heterocycles. The van der Waals surface area contributed by atoms with Crippen molar-refractivity contribution in [3.63, 3.8) is 0 Å². The van der Waals surface area contributed by atoms with E-state index in [9.17, 15) is 4.39 Å². The number of hydrogen-bond acceptors (Lipinski definition) is 2. The lowest BCUT2D eigenvalue weighted by Crippen LogP contribution is -2.19. The van der Waals surface area contributed by atoms with Crippen LogP contribution in [0.15, 0.2) is 18.2 Å². The van der Waals surface area contributed by atoms with Gasteiger partial charge in [-0.3, -0.25) is 0 Å². The van der Waals surface area contributed by atoms with E-state index >= 15 is 0 Å². The third-order valence-corrected chi connectivity index (χ3v) is 2.91. The summed E-state index contributed by atoms with van der Waals surface area (Å²) in [6, 6.07) is 5.12. The Labute approximate surface area is 116 Å².